The van der Waals surface area contributed by atoms with E-state index in [9.17, 15) is 0 Å². The topological polar surface area (TPSA) is 0 Å². The van der Waals surface area contributed by atoms with Crippen molar-refractivity contribution < 1.29 is 0 Å². The Morgan fingerprint density at radius 3 is 0.806 bits per heavy atom. The van der Waals surface area contributed by atoms with Crippen LogP contribution in [0.5, 0.6) is 0 Å². The summed E-state index contributed by atoms with van der Waals surface area (Å²) in [6.45, 7) is 0. The first-order valence-electron chi connectivity index (χ1n) is 11.8. The Bertz CT molecular complexity index is 1080. The van der Waals surface area contributed by atoms with E-state index >= 15 is 0 Å². The second kappa shape index (κ2) is 15.6. The first-order valence-corrected chi connectivity index (χ1v) is 15.7. The molecule has 0 saturated carbocycles. The highest BCUT2D eigenvalue weighted by molar-refractivity contribution is 8.22. The van der Waals surface area contributed by atoms with E-state index in [0.717, 1.165) is 23.0 Å². The van der Waals surface area contributed by atoms with Crippen LogP contribution in [-0.4, -0.2) is 0 Å². The summed E-state index contributed by atoms with van der Waals surface area (Å²) in [5.74, 6) is 3.71. The Morgan fingerprint density at radius 2 is 0.583 bits per heavy atom. The first kappa shape index (κ1) is 26.6. The SMILES string of the molecule is C(=C=C(SCc1ccccc1)SCc1ccccc1)=C(SCc1ccccc1)SCc1ccccc1. The van der Waals surface area contributed by atoms with Crippen molar-refractivity contribution in [2.75, 3.05) is 0 Å². The predicted octanol–water partition coefficient (Wildman–Crippen LogP) is 10.2. The molecule has 0 fully saturated rings. The van der Waals surface area contributed by atoms with Crippen LogP contribution in [0.25, 0.3) is 0 Å². The number of benzene rings is 4. The van der Waals surface area contributed by atoms with E-state index in [2.05, 4.69) is 133 Å². The largest absolute Gasteiger partial charge is 0.106 e. The highest BCUT2D eigenvalue weighted by atomic mass is 32.2. The molecule has 0 aromatic heterocycles. The lowest BCUT2D eigenvalue weighted by Crippen LogP contribution is -1.82. The average Bonchev–Trinajstić information content (AvgIpc) is 2.95. The third kappa shape index (κ3) is 9.91. The van der Waals surface area contributed by atoms with Gasteiger partial charge in [-0.1, -0.05) is 121 Å². The molecule has 0 aliphatic heterocycles. The van der Waals surface area contributed by atoms with Crippen LogP contribution >= 0.6 is 47.0 Å². The minimum absolute atomic E-state index is 0.927. The van der Waals surface area contributed by atoms with Gasteiger partial charge in [0.15, 0.2) is 0 Å². The van der Waals surface area contributed by atoms with Crippen molar-refractivity contribution in [1.82, 2.24) is 0 Å². The smallest absolute Gasteiger partial charge is 0.0915 e. The summed E-state index contributed by atoms with van der Waals surface area (Å²) in [4.78, 5) is 0. The average molecular weight is 541 g/mol. The van der Waals surface area contributed by atoms with E-state index in [0.29, 0.717) is 0 Å². The highest BCUT2D eigenvalue weighted by Gasteiger charge is 2.04. The molecular weight excluding hydrogens is 513 g/mol. The molecule has 4 aromatic rings. The van der Waals surface area contributed by atoms with Gasteiger partial charge in [-0.25, -0.2) is 0 Å². The Kier molecular flexibility index (Phi) is 11.6. The zero-order chi connectivity index (χ0) is 24.7. The Balaban J connectivity index is 1.56. The molecule has 0 saturated heterocycles. The molecule has 0 N–H and O–H groups in total. The van der Waals surface area contributed by atoms with Gasteiger partial charge in [-0.3, -0.25) is 0 Å². The molecule has 4 aromatic carbocycles. The van der Waals surface area contributed by atoms with E-state index in [1.807, 2.05) is 47.0 Å². The lowest BCUT2D eigenvalue weighted by Gasteiger charge is -2.06. The molecule has 0 atom stereocenters. The van der Waals surface area contributed by atoms with E-state index in [1.165, 1.54) is 30.7 Å². The minimum Gasteiger partial charge on any atom is -0.106 e. The van der Waals surface area contributed by atoms with Gasteiger partial charge in [0.05, 0.1) is 8.47 Å². The fourth-order valence-corrected chi connectivity index (χ4v) is 7.05. The number of hydrogen-bond acceptors (Lipinski definition) is 4. The quantitative estimate of drug-likeness (QED) is 0.164. The van der Waals surface area contributed by atoms with E-state index in [1.54, 1.807) is 0 Å². The molecule has 4 heteroatoms. The van der Waals surface area contributed by atoms with Crippen molar-refractivity contribution in [2.24, 2.45) is 0 Å². The summed E-state index contributed by atoms with van der Waals surface area (Å²) < 4.78 is 2.33. The molecule has 0 aliphatic rings. The molecule has 0 spiro atoms. The summed E-state index contributed by atoms with van der Waals surface area (Å²) >= 11 is 7.36. The first-order chi connectivity index (χ1) is 17.8. The van der Waals surface area contributed by atoms with Crippen LogP contribution in [0.1, 0.15) is 22.3 Å². The van der Waals surface area contributed by atoms with Crippen LogP contribution in [0.15, 0.2) is 141 Å². The van der Waals surface area contributed by atoms with Gasteiger partial charge in [0.1, 0.15) is 0 Å². The Morgan fingerprint density at radius 1 is 0.361 bits per heavy atom. The van der Waals surface area contributed by atoms with Crippen molar-refractivity contribution in [1.29, 1.82) is 0 Å². The molecule has 0 amide bonds. The maximum atomic E-state index is 3.55. The zero-order valence-electron chi connectivity index (χ0n) is 20.0. The Labute approximate surface area is 232 Å². The van der Waals surface area contributed by atoms with E-state index < -0.39 is 0 Å². The van der Waals surface area contributed by atoms with Gasteiger partial charge in [-0.15, -0.1) is 47.0 Å². The number of thioether (sulfide) groups is 4. The lowest BCUT2D eigenvalue weighted by molar-refractivity contribution is 1.42. The molecule has 0 unspecified atom stereocenters. The number of rotatable bonds is 12. The van der Waals surface area contributed by atoms with E-state index in [-0.39, 0.29) is 0 Å². The molecule has 36 heavy (non-hydrogen) atoms. The second-order valence-corrected chi connectivity index (χ2v) is 12.4. The van der Waals surface area contributed by atoms with Gasteiger partial charge in [0.2, 0.25) is 0 Å². The molecule has 0 bridgehead atoms. The van der Waals surface area contributed by atoms with Crippen LogP contribution in [-0.2, 0) is 23.0 Å². The fraction of sp³-hybridized carbons (Fsp3) is 0.125. The molecule has 180 valence electrons. The van der Waals surface area contributed by atoms with Gasteiger partial charge in [-0.2, -0.15) is 0 Å². The predicted molar refractivity (Wildman–Crippen MR) is 165 cm³/mol. The summed E-state index contributed by atoms with van der Waals surface area (Å²) in [5, 5.41) is 0. The monoisotopic (exact) mass is 540 g/mol. The van der Waals surface area contributed by atoms with Crippen LogP contribution in [0.4, 0.5) is 0 Å². The Hall–Kier alpha value is -2.42. The second-order valence-electron chi connectivity index (χ2n) is 7.92. The minimum atomic E-state index is 0.927. The van der Waals surface area contributed by atoms with Gasteiger partial charge in [0.25, 0.3) is 0 Å². The molecule has 0 aliphatic carbocycles. The van der Waals surface area contributed by atoms with Crippen LogP contribution < -0.4 is 0 Å². The van der Waals surface area contributed by atoms with Gasteiger partial charge in [-0.05, 0) is 33.7 Å². The lowest BCUT2D eigenvalue weighted by atomic mass is 10.2. The summed E-state index contributed by atoms with van der Waals surface area (Å²) in [6, 6.07) is 42.6. The van der Waals surface area contributed by atoms with Gasteiger partial charge >= 0.3 is 0 Å². The molecule has 0 radical (unpaired) electrons. The van der Waals surface area contributed by atoms with Crippen molar-refractivity contribution in [3.05, 3.63) is 164 Å². The normalized spacial score (nSPS) is 10.3. The van der Waals surface area contributed by atoms with Crippen molar-refractivity contribution in [3.63, 3.8) is 0 Å². The number of hydrogen-bond donors (Lipinski definition) is 0. The molecule has 0 heterocycles. The van der Waals surface area contributed by atoms with Crippen LogP contribution in [0.2, 0.25) is 0 Å². The standard InChI is InChI=1S/C32H28S4/c1-5-13-27(14-6-1)23-33-31(34-24-28-15-7-2-8-16-28)21-22-32(35-25-29-17-9-3-10-18-29)36-26-30-19-11-4-12-20-30/h1-20H,23-26H2. The van der Waals surface area contributed by atoms with Crippen molar-refractivity contribution in [3.8, 4) is 0 Å². The zero-order valence-corrected chi connectivity index (χ0v) is 23.3. The summed E-state index contributed by atoms with van der Waals surface area (Å²) in [7, 11) is 0. The van der Waals surface area contributed by atoms with E-state index in [4.69, 9.17) is 0 Å². The van der Waals surface area contributed by atoms with Crippen molar-refractivity contribution >= 4 is 47.0 Å². The maximum Gasteiger partial charge on any atom is 0.0915 e. The molecular formula is C32H28S4. The highest BCUT2D eigenvalue weighted by Crippen LogP contribution is 2.35. The fourth-order valence-electron chi connectivity index (χ4n) is 3.22. The third-order valence-corrected chi connectivity index (χ3v) is 9.90. The summed E-state index contributed by atoms with van der Waals surface area (Å²) in [5.41, 5.74) is 12.4. The van der Waals surface area contributed by atoms with Crippen LogP contribution in [0.3, 0.4) is 0 Å². The summed E-state index contributed by atoms with van der Waals surface area (Å²) in [6.07, 6.45) is 0. The van der Waals surface area contributed by atoms with Crippen LogP contribution in [0, 0.1) is 0 Å². The maximum absolute atomic E-state index is 3.55. The molecule has 4 rings (SSSR count). The third-order valence-electron chi connectivity index (χ3n) is 5.12. The van der Waals surface area contributed by atoms with Crippen molar-refractivity contribution in [2.45, 2.75) is 23.0 Å². The molecule has 0 nitrogen and oxygen atoms in total. The van der Waals surface area contributed by atoms with Gasteiger partial charge in [0, 0.05) is 23.0 Å². The van der Waals surface area contributed by atoms with Gasteiger partial charge < -0.3 is 0 Å².